The minimum atomic E-state index is -0.929. The first kappa shape index (κ1) is 57.8. The Kier molecular flexibility index (Phi) is 41.2. The molecule has 0 aromatic heterocycles. The van der Waals surface area contributed by atoms with E-state index in [-0.39, 0.29) is 86.1 Å². The summed E-state index contributed by atoms with van der Waals surface area (Å²) in [4.78, 5) is 20.7. The van der Waals surface area contributed by atoms with Crippen molar-refractivity contribution in [2.75, 3.05) is 0 Å². The fraction of sp³-hybridized carbons (Fsp3) is 0.720. The molecule has 2 aromatic rings. The molecule has 0 amide bonds. The van der Waals surface area contributed by atoms with Gasteiger partial charge < -0.3 is 39.5 Å². The Hall–Kier alpha value is -1.21. The standard InChI is InChI=1S/2C25H42O4.Ba/c2*1-22(26)15-14-19-24(29-21-23-16-10-9-11-17-23)18-12-7-5-3-2-4-6-8-13-20-25(27)28;/h2*9-11,16-17,22,24,26H,2-8,12-15,18-21H2,1H3,(H,27,28);/q;;+2/p-2. The fourth-order valence-electron chi connectivity index (χ4n) is 7.24. The van der Waals surface area contributed by atoms with Crippen LogP contribution in [0.1, 0.15) is 205 Å². The number of unbranched alkanes of at least 4 members (excludes halogenated alkanes) is 16. The number of aliphatic hydroxyl groups excluding tert-OH is 2. The van der Waals surface area contributed by atoms with Crippen LogP contribution in [-0.2, 0) is 32.3 Å². The molecule has 2 aromatic carbocycles. The quantitative estimate of drug-likeness (QED) is 0.0501. The maximum atomic E-state index is 10.4. The third-order valence-corrected chi connectivity index (χ3v) is 10.8. The minimum absolute atomic E-state index is 0. The Balaban J connectivity index is 0.00000112. The largest absolute Gasteiger partial charge is 2.00 e. The molecular formula is C50H82BaO8. The summed E-state index contributed by atoms with van der Waals surface area (Å²) >= 11 is 0. The van der Waals surface area contributed by atoms with E-state index in [0.29, 0.717) is 13.2 Å². The number of rotatable bonds is 38. The molecule has 0 saturated heterocycles. The van der Waals surface area contributed by atoms with E-state index in [1.165, 1.54) is 88.2 Å². The molecule has 59 heavy (non-hydrogen) atoms. The van der Waals surface area contributed by atoms with Gasteiger partial charge in [0.1, 0.15) is 0 Å². The summed E-state index contributed by atoms with van der Waals surface area (Å²) in [6.07, 6.45) is 29.0. The van der Waals surface area contributed by atoms with E-state index in [2.05, 4.69) is 24.3 Å². The molecule has 0 saturated carbocycles. The molecule has 8 nitrogen and oxygen atoms in total. The number of benzene rings is 2. The van der Waals surface area contributed by atoms with E-state index in [1.807, 2.05) is 50.2 Å². The molecule has 0 radical (unpaired) electrons. The summed E-state index contributed by atoms with van der Waals surface area (Å²) in [5.74, 6) is -1.86. The van der Waals surface area contributed by atoms with E-state index in [9.17, 15) is 30.0 Å². The summed E-state index contributed by atoms with van der Waals surface area (Å²) in [6.45, 7) is 5.03. The van der Waals surface area contributed by atoms with Crippen molar-refractivity contribution in [1.29, 1.82) is 0 Å². The topological polar surface area (TPSA) is 139 Å². The van der Waals surface area contributed by atoms with Gasteiger partial charge in [-0.3, -0.25) is 0 Å². The number of carboxylic acid groups (broad SMARTS) is 2. The Morgan fingerprint density at radius 2 is 0.712 bits per heavy atom. The fourth-order valence-corrected chi connectivity index (χ4v) is 7.24. The Morgan fingerprint density at radius 1 is 0.441 bits per heavy atom. The number of carbonyl (C=O) groups is 2. The first-order valence-corrected chi connectivity index (χ1v) is 23.2. The van der Waals surface area contributed by atoms with Crippen LogP contribution in [0.2, 0.25) is 0 Å². The Morgan fingerprint density at radius 3 is 1.00 bits per heavy atom. The molecule has 0 aliphatic carbocycles. The van der Waals surface area contributed by atoms with Crippen molar-refractivity contribution in [2.24, 2.45) is 0 Å². The van der Waals surface area contributed by atoms with Gasteiger partial charge in [-0.05, 0) is 102 Å². The summed E-state index contributed by atoms with van der Waals surface area (Å²) in [7, 11) is 0. The Bertz CT molecular complexity index is 1100. The number of aliphatic carboxylic acids is 2. The number of aliphatic hydroxyl groups is 2. The van der Waals surface area contributed by atoms with E-state index in [0.717, 1.165) is 89.9 Å². The van der Waals surface area contributed by atoms with Gasteiger partial charge in [-0.25, -0.2) is 0 Å². The third-order valence-electron chi connectivity index (χ3n) is 10.8. The second-order valence-corrected chi connectivity index (χ2v) is 16.6. The van der Waals surface area contributed by atoms with Gasteiger partial charge in [0.05, 0.1) is 37.6 Å². The summed E-state index contributed by atoms with van der Waals surface area (Å²) in [5.41, 5.74) is 2.43. The van der Waals surface area contributed by atoms with Gasteiger partial charge in [0.25, 0.3) is 0 Å². The van der Waals surface area contributed by atoms with Crippen molar-refractivity contribution in [2.45, 2.75) is 231 Å². The Labute approximate surface area is 400 Å². The van der Waals surface area contributed by atoms with E-state index in [1.54, 1.807) is 0 Å². The molecule has 9 heteroatoms. The van der Waals surface area contributed by atoms with Gasteiger partial charge in [-0.1, -0.05) is 163 Å². The summed E-state index contributed by atoms with van der Waals surface area (Å²) in [6, 6.07) is 20.6. The molecule has 4 atom stereocenters. The molecule has 2 rings (SSSR count). The zero-order valence-corrected chi connectivity index (χ0v) is 41.8. The maximum absolute atomic E-state index is 10.4. The van der Waals surface area contributed by atoms with Crippen LogP contribution in [0, 0.1) is 0 Å². The van der Waals surface area contributed by atoms with Crippen LogP contribution in [0.4, 0.5) is 0 Å². The van der Waals surface area contributed by atoms with Gasteiger partial charge in [0.2, 0.25) is 0 Å². The predicted molar refractivity (Wildman–Crippen MR) is 238 cm³/mol. The van der Waals surface area contributed by atoms with Crippen LogP contribution in [0.25, 0.3) is 0 Å². The smallest absolute Gasteiger partial charge is 0.550 e. The van der Waals surface area contributed by atoms with Crippen LogP contribution in [-0.4, -0.2) is 95.4 Å². The van der Waals surface area contributed by atoms with Crippen molar-refractivity contribution in [3.63, 3.8) is 0 Å². The molecule has 332 valence electrons. The zero-order chi connectivity index (χ0) is 42.3. The molecule has 0 spiro atoms. The normalized spacial score (nSPS) is 13.1. The number of carbonyl (C=O) groups excluding carboxylic acids is 2. The first-order chi connectivity index (χ1) is 28.2. The predicted octanol–water partition coefficient (Wildman–Crippen LogP) is 9.95. The average molecular weight is 949 g/mol. The number of carboxylic acids is 2. The van der Waals surface area contributed by atoms with Crippen molar-refractivity contribution in [3.05, 3.63) is 71.8 Å². The number of hydrogen-bond acceptors (Lipinski definition) is 8. The third kappa shape index (κ3) is 40.6. The van der Waals surface area contributed by atoms with Gasteiger partial charge >= 0.3 is 48.9 Å². The number of ether oxygens (including phenoxy) is 2. The van der Waals surface area contributed by atoms with Crippen LogP contribution in [0.3, 0.4) is 0 Å². The van der Waals surface area contributed by atoms with Gasteiger partial charge in [-0.2, -0.15) is 0 Å². The molecule has 4 unspecified atom stereocenters. The van der Waals surface area contributed by atoms with Crippen LogP contribution in [0.15, 0.2) is 60.7 Å². The molecular weight excluding hydrogens is 866 g/mol. The molecule has 2 N–H and O–H groups in total. The van der Waals surface area contributed by atoms with E-state index in [4.69, 9.17) is 9.47 Å². The molecule has 0 heterocycles. The average Bonchev–Trinajstić information content (AvgIpc) is 3.20. The van der Waals surface area contributed by atoms with Crippen molar-refractivity contribution in [3.8, 4) is 0 Å². The molecule has 0 aliphatic heterocycles. The second kappa shape index (κ2) is 42.1. The van der Waals surface area contributed by atoms with Crippen molar-refractivity contribution < 1.29 is 39.5 Å². The second-order valence-electron chi connectivity index (χ2n) is 16.6. The molecule has 0 fully saturated rings. The van der Waals surface area contributed by atoms with Gasteiger partial charge in [-0.15, -0.1) is 0 Å². The molecule has 0 aliphatic rings. The van der Waals surface area contributed by atoms with Gasteiger partial charge in [0, 0.05) is 11.9 Å². The van der Waals surface area contributed by atoms with Crippen molar-refractivity contribution in [1.82, 2.24) is 0 Å². The van der Waals surface area contributed by atoms with Crippen LogP contribution < -0.4 is 10.2 Å². The van der Waals surface area contributed by atoms with Crippen LogP contribution >= 0.6 is 0 Å². The van der Waals surface area contributed by atoms with E-state index >= 15 is 0 Å². The minimum Gasteiger partial charge on any atom is -0.550 e. The summed E-state index contributed by atoms with van der Waals surface area (Å²) in [5, 5.41) is 39.7. The molecule has 0 bridgehead atoms. The first-order valence-electron chi connectivity index (χ1n) is 23.2. The summed E-state index contributed by atoms with van der Waals surface area (Å²) < 4.78 is 12.4. The SMILES string of the molecule is CC(O)CCCC(CCCCCCCCCCCC(=O)[O-])OCc1ccccc1.CC(O)CCCC(CCCCCCCCCCCC(=O)[O-])OCc1ccccc1.[Ba+2]. The zero-order valence-electron chi connectivity index (χ0n) is 37.3. The maximum Gasteiger partial charge on any atom is 2.00 e. The van der Waals surface area contributed by atoms with Crippen LogP contribution in [0.5, 0.6) is 0 Å². The number of hydrogen-bond donors (Lipinski definition) is 2. The van der Waals surface area contributed by atoms with E-state index < -0.39 is 11.9 Å². The monoisotopic (exact) mass is 949 g/mol. The van der Waals surface area contributed by atoms with Crippen molar-refractivity contribution >= 4 is 60.8 Å². The van der Waals surface area contributed by atoms with Gasteiger partial charge in [0.15, 0.2) is 0 Å².